The van der Waals surface area contributed by atoms with Crippen molar-refractivity contribution in [2.24, 2.45) is 11.5 Å². The lowest BCUT2D eigenvalue weighted by molar-refractivity contribution is -0.142. The molecule has 0 spiro atoms. The summed E-state index contributed by atoms with van der Waals surface area (Å²) in [5.74, 6) is -0.656. The second kappa shape index (κ2) is 20.1. The summed E-state index contributed by atoms with van der Waals surface area (Å²) in [6.07, 6.45) is 8.36. The van der Waals surface area contributed by atoms with Gasteiger partial charge in [-0.1, -0.05) is 0 Å². The average molecular weight is 540 g/mol. The van der Waals surface area contributed by atoms with E-state index in [2.05, 4.69) is 16.0 Å². The molecule has 0 aromatic heterocycles. The molecule has 0 heterocycles. The first-order valence-electron chi connectivity index (χ1n) is 11.3. The molecule has 0 aliphatic heterocycles. The fourth-order valence-electron chi connectivity index (χ4n) is 2.96. The molecule has 3 amide bonds. The Hall–Kier alpha value is -1.15. The summed E-state index contributed by atoms with van der Waals surface area (Å²) in [5.41, 5.74) is 11.4. The largest absolute Gasteiger partial charge is 0.480 e. The molecule has 0 aliphatic rings. The molecule has 0 bridgehead atoms. The summed E-state index contributed by atoms with van der Waals surface area (Å²) < 4.78 is 0. The van der Waals surface area contributed by atoms with Crippen molar-refractivity contribution in [3.8, 4) is 0 Å². The monoisotopic (exact) mass is 539 g/mol. The number of thioether (sulfide) groups is 3. The van der Waals surface area contributed by atoms with Gasteiger partial charge in [-0.05, 0) is 81.1 Å². The third-order valence-electron chi connectivity index (χ3n) is 5.02. The fourth-order valence-corrected chi connectivity index (χ4v) is 4.39. The Morgan fingerprint density at radius 2 is 1.15 bits per heavy atom. The molecule has 0 saturated carbocycles. The van der Waals surface area contributed by atoms with Crippen molar-refractivity contribution in [2.45, 2.75) is 62.7 Å². The predicted octanol–water partition coefficient (Wildman–Crippen LogP) is 0.241. The molecule has 0 aliphatic carbocycles. The maximum Gasteiger partial charge on any atom is 0.326 e. The summed E-state index contributed by atoms with van der Waals surface area (Å²) in [5, 5.41) is 17.4. The van der Waals surface area contributed by atoms with Gasteiger partial charge in [-0.25, -0.2) is 4.79 Å². The highest BCUT2D eigenvalue weighted by Gasteiger charge is 2.29. The average Bonchev–Trinajstić information content (AvgIpc) is 2.81. The smallest absolute Gasteiger partial charge is 0.326 e. The Labute approximate surface area is 215 Å². The molecule has 0 radical (unpaired) electrons. The number of carboxylic acid groups (broad SMARTS) is 1. The Morgan fingerprint density at radius 1 is 0.706 bits per heavy atom. The number of carbonyl (C=O) groups is 4. The number of hydrogen-bond acceptors (Lipinski definition) is 9. The number of carbonyl (C=O) groups excluding carboxylic acids is 3. The Bertz CT molecular complexity index is 630. The molecule has 4 atom stereocenters. The SMILES string of the molecule is CSCCC(N)C(=O)NC(CCSC)C(=O)NC(CCSC)C(=O)NC(CCCCN)C(=O)O. The molecule has 0 saturated heterocycles. The first kappa shape index (κ1) is 32.8. The summed E-state index contributed by atoms with van der Waals surface area (Å²) in [6.45, 7) is 0.441. The van der Waals surface area contributed by atoms with Crippen LogP contribution in [0.2, 0.25) is 0 Å². The van der Waals surface area contributed by atoms with Gasteiger partial charge in [0.05, 0.1) is 6.04 Å². The second-order valence-corrected chi connectivity index (χ2v) is 10.7. The minimum atomic E-state index is -1.13. The van der Waals surface area contributed by atoms with Crippen molar-refractivity contribution < 1.29 is 24.3 Å². The minimum Gasteiger partial charge on any atom is -0.480 e. The van der Waals surface area contributed by atoms with Gasteiger partial charge in [0.15, 0.2) is 0 Å². The highest BCUT2D eigenvalue weighted by molar-refractivity contribution is 7.98. The van der Waals surface area contributed by atoms with Gasteiger partial charge in [-0.2, -0.15) is 35.3 Å². The van der Waals surface area contributed by atoms with E-state index in [4.69, 9.17) is 11.5 Å². The van der Waals surface area contributed by atoms with Crippen LogP contribution in [-0.2, 0) is 19.2 Å². The number of hydrogen-bond donors (Lipinski definition) is 6. The van der Waals surface area contributed by atoms with Gasteiger partial charge in [-0.15, -0.1) is 0 Å². The number of carboxylic acids is 1. The van der Waals surface area contributed by atoms with Gasteiger partial charge in [0.1, 0.15) is 18.1 Å². The molecular weight excluding hydrogens is 498 g/mol. The Kier molecular flexibility index (Phi) is 19.4. The maximum atomic E-state index is 13.0. The third-order valence-corrected chi connectivity index (χ3v) is 6.95. The lowest BCUT2D eigenvalue weighted by Crippen LogP contribution is -2.57. The molecule has 198 valence electrons. The van der Waals surface area contributed by atoms with Crippen molar-refractivity contribution in [2.75, 3.05) is 42.6 Å². The Morgan fingerprint density at radius 3 is 1.59 bits per heavy atom. The fraction of sp³-hybridized carbons (Fsp3) is 0.810. The van der Waals surface area contributed by atoms with Gasteiger partial charge in [0, 0.05) is 0 Å². The molecule has 0 fully saturated rings. The third kappa shape index (κ3) is 14.3. The molecule has 0 rings (SSSR count). The number of amides is 3. The van der Waals surface area contributed by atoms with Gasteiger partial charge in [0.2, 0.25) is 17.7 Å². The zero-order valence-electron chi connectivity index (χ0n) is 20.3. The number of rotatable bonds is 20. The number of aliphatic carboxylic acids is 1. The quantitative estimate of drug-likeness (QED) is 0.117. The molecule has 10 nitrogen and oxygen atoms in total. The van der Waals surface area contributed by atoms with Crippen LogP contribution in [0.4, 0.5) is 0 Å². The van der Waals surface area contributed by atoms with E-state index in [1.54, 1.807) is 11.8 Å². The standard InChI is InChI=1S/C21H41N5O5S3/c1-32-11-7-14(23)18(27)24-15(8-12-33-2)19(28)25-16(9-13-34-3)20(29)26-17(21(30)31)6-4-5-10-22/h14-17H,4-13,22-23H2,1-3H3,(H,24,27)(H,25,28)(H,26,29)(H,30,31). The van der Waals surface area contributed by atoms with Crippen molar-refractivity contribution in [3.63, 3.8) is 0 Å². The lowest BCUT2D eigenvalue weighted by Gasteiger charge is -2.25. The Balaban J connectivity index is 5.32. The van der Waals surface area contributed by atoms with Gasteiger partial charge in [-0.3, -0.25) is 14.4 Å². The van der Waals surface area contributed by atoms with E-state index in [1.165, 1.54) is 23.5 Å². The van der Waals surface area contributed by atoms with Crippen LogP contribution in [0.5, 0.6) is 0 Å². The van der Waals surface area contributed by atoms with Crippen LogP contribution >= 0.6 is 35.3 Å². The first-order chi connectivity index (χ1) is 16.2. The van der Waals surface area contributed by atoms with Gasteiger partial charge < -0.3 is 32.5 Å². The van der Waals surface area contributed by atoms with Gasteiger partial charge >= 0.3 is 5.97 Å². The van der Waals surface area contributed by atoms with E-state index < -0.39 is 47.9 Å². The van der Waals surface area contributed by atoms with Crippen molar-refractivity contribution in [1.82, 2.24) is 16.0 Å². The molecule has 34 heavy (non-hydrogen) atoms. The minimum absolute atomic E-state index is 0.252. The second-order valence-electron chi connectivity index (χ2n) is 7.76. The van der Waals surface area contributed by atoms with Crippen LogP contribution in [0.15, 0.2) is 0 Å². The summed E-state index contributed by atoms with van der Waals surface area (Å²) in [7, 11) is 0. The summed E-state index contributed by atoms with van der Waals surface area (Å²) in [4.78, 5) is 50.0. The van der Waals surface area contributed by atoms with Gasteiger partial charge in [0.25, 0.3) is 0 Å². The molecule has 4 unspecified atom stereocenters. The predicted molar refractivity (Wildman–Crippen MR) is 143 cm³/mol. The summed E-state index contributed by atoms with van der Waals surface area (Å²) >= 11 is 4.62. The van der Waals surface area contributed by atoms with Crippen LogP contribution in [0.25, 0.3) is 0 Å². The van der Waals surface area contributed by atoms with Crippen LogP contribution in [-0.4, -0.2) is 95.5 Å². The highest BCUT2D eigenvalue weighted by atomic mass is 32.2. The highest BCUT2D eigenvalue weighted by Crippen LogP contribution is 2.08. The van der Waals surface area contributed by atoms with E-state index in [1.807, 2.05) is 18.8 Å². The maximum absolute atomic E-state index is 13.0. The zero-order valence-corrected chi connectivity index (χ0v) is 22.8. The van der Waals surface area contributed by atoms with Crippen molar-refractivity contribution in [3.05, 3.63) is 0 Å². The van der Waals surface area contributed by atoms with Crippen LogP contribution in [0, 0.1) is 0 Å². The van der Waals surface area contributed by atoms with E-state index in [9.17, 15) is 24.3 Å². The topological polar surface area (TPSA) is 177 Å². The number of nitrogens with one attached hydrogen (secondary N) is 3. The molecule has 0 aromatic rings. The molecule has 8 N–H and O–H groups in total. The van der Waals surface area contributed by atoms with E-state index in [-0.39, 0.29) is 6.42 Å². The molecule has 13 heteroatoms. The zero-order chi connectivity index (χ0) is 25.9. The first-order valence-corrected chi connectivity index (χ1v) is 15.5. The van der Waals surface area contributed by atoms with Crippen molar-refractivity contribution >= 4 is 59.0 Å². The van der Waals surface area contributed by atoms with E-state index in [0.29, 0.717) is 50.2 Å². The van der Waals surface area contributed by atoms with E-state index in [0.717, 1.165) is 5.75 Å². The van der Waals surface area contributed by atoms with Crippen LogP contribution in [0.3, 0.4) is 0 Å². The molecule has 0 aromatic carbocycles. The van der Waals surface area contributed by atoms with Crippen LogP contribution in [0.1, 0.15) is 38.5 Å². The molecular formula is C21H41N5O5S3. The number of nitrogens with two attached hydrogens (primary N) is 2. The number of unbranched alkanes of at least 4 members (excludes halogenated alkanes) is 1. The summed E-state index contributed by atoms with van der Waals surface area (Å²) in [6, 6.07) is -3.55. The van der Waals surface area contributed by atoms with E-state index >= 15 is 0 Å². The van der Waals surface area contributed by atoms with Crippen LogP contribution < -0.4 is 27.4 Å². The normalized spacial score (nSPS) is 14.5. The van der Waals surface area contributed by atoms with Crippen molar-refractivity contribution in [1.29, 1.82) is 0 Å². The lowest BCUT2D eigenvalue weighted by atomic mass is 10.1.